The number of anilines is 1. The molecule has 152 valence electrons. The number of rotatable bonds is 9. The second-order valence-corrected chi connectivity index (χ2v) is 10.1. The Morgan fingerprint density at radius 3 is 2.81 bits per heavy atom. The number of amides is 1. The lowest BCUT2D eigenvalue weighted by atomic mass is 10.0. The molecule has 1 saturated heterocycles. The Morgan fingerprint density at radius 2 is 2.11 bits per heavy atom. The minimum absolute atomic E-state index is 0.0320. The van der Waals surface area contributed by atoms with Crippen LogP contribution in [0.4, 0.5) is 5.13 Å². The van der Waals surface area contributed by atoms with Gasteiger partial charge in [0, 0.05) is 6.54 Å². The third kappa shape index (κ3) is 6.40. The molecule has 9 nitrogen and oxygen atoms in total. The highest BCUT2D eigenvalue weighted by Crippen LogP contribution is 2.27. The van der Waals surface area contributed by atoms with E-state index in [0.29, 0.717) is 30.3 Å². The number of hydrogen-bond donors (Lipinski definition) is 1. The molecule has 1 aliphatic heterocycles. The van der Waals surface area contributed by atoms with Gasteiger partial charge in [-0.15, -0.1) is 10.2 Å². The average Bonchev–Trinajstić information content (AvgIpc) is 3.07. The van der Waals surface area contributed by atoms with Crippen LogP contribution in [0, 0.1) is 0 Å². The van der Waals surface area contributed by atoms with Gasteiger partial charge >= 0.3 is 5.97 Å². The third-order valence-electron chi connectivity index (χ3n) is 3.83. The van der Waals surface area contributed by atoms with E-state index in [1.54, 1.807) is 13.8 Å². The first-order chi connectivity index (χ1) is 12.9. The van der Waals surface area contributed by atoms with Crippen LogP contribution in [0.2, 0.25) is 0 Å². The summed E-state index contributed by atoms with van der Waals surface area (Å²) in [5.41, 5.74) is 0. The Bertz CT molecular complexity index is 752. The molecule has 1 aromatic heterocycles. The van der Waals surface area contributed by atoms with E-state index in [4.69, 9.17) is 4.74 Å². The lowest BCUT2D eigenvalue weighted by molar-refractivity contribution is -0.139. The van der Waals surface area contributed by atoms with Crippen LogP contribution in [0.3, 0.4) is 0 Å². The molecule has 12 heteroatoms. The van der Waals surface area contributed by atoms with Gasteiger partial charge in [0.25, 0.3) is 0 Å². The minimum Gasteiger partial charge on any atom is -0.465 e. The molecule has 1 amide bonds. The van der Waals surface area contributed by atoms with E-state index in [2.05, 4.69) is 15.5 Å². The lowest BCUT2D eigenvalue weighted by Gasteiger charge is -2.33. The lowest BCUT2D eigenvalue weighted by Crippen LogP contribution is -2.50. The van der Waals surface area contributed by atoms with Crippen molar-refractivity contribution in [2.75, 3.05) is 30.0 Å². The zero-order chi connectivity index (χ0) is 19.9. The van der Waals surface area contributed by atoms with Crippen LogP contribution in [0.25, 0.3) is 0 Å². The van der Waals surface area contributed by atoms with Crippen LogP contribution in [-0.4, -0.2) is 65.5 Å². The van der Waals surface area contributed by atoms with Crippen molar-refractivity contribution in [3.8, 4) is 0 Å². The number of nitrogens with zero attached hydrogens (tertiary/aromatic N) is 3. The number of thioether (sulfide) groups is 1. The molecule has 2 rings (SSSR count). The number of carbonyl (C=O) groups is 2. The Hall–Kier alpha value is -1.24. The predicted octanol–water partition coefficient (Wildman–Crippen LogP) is 1.73. The zero-order valence-electron chi connectivity index (χ0n) is 15.3. The van der Waals surface area contributed by atoms with E-state index in [-0.39, 0.29) is 22.6 Å². The molecule has 0 bridgehead atoms. The number of hydrogen-bond acceptors (Lipinski definition) is 9. The Labute approximate surface area is 167 Å². The summed E-state index contributed by atoms with van der Waals surface area (Å²) in [6.07, 6.45) is 2.54. The number of sulfonamides is 1. The van der Waals surface area contributed by atoms with Crippen LogP contribution < -0.4 is 5.32 Å². The first-order valence-electron chi connectivity index (χ1n) is 8.79. The van der Waals surface area contributed by atoms with Crippen LogP contribution in [0.1, 0.15) is 39.5 Å². The predicted molar refractivity (Wildman–Crippen MR) is 104 cm³/mol. The summed E-state index contributed by atoms with van der Waals surface area (Å²) in [5, 5.41) is 10.8. The molecule has 1 aliphatic rings. The quantitative estimate of drug-likeness (QED) is 0.353. The molecular formula is C15H24N4O5S3. The normalized spacial score (nSPS) is 18.2. The summed E-state index contributed by atoms with van der Waals surface area (Å²) < 4.78 is 31.5. The highest BCUT2D eigenvalue weighted by molar-refractivity contribution is 8.01. The van der Waals surface area contributed by atoms with Gasteiger partial charge in [-0.3, -0.25) is 14.9 Å². The van der Waals surface area contributed by atoms with Crippen molar-refractivity contribution in [3.63, 3.8) is 0 Å². The SMILES string of the molecule is CCCS(=O)(=O)N1CCCCC1C(=O)Nc1nnc(SCC(=O)OCC)s1. The van der Waals surface area contributed by atoms with Gasteiger partial charge in [-0.2, -0.15) is 4.31 Å². The topological polar surface area (TPSA) is 119 Å². The fraction of sp³-hybridized carbons (Fsp3) is 0.733. The number of ether oxygens (including phenoxy) is 1. The first-order valence-corrected chi connectivity index (χ1v) is 12.2. The van der Waals surface area contributed by atoms with E-state index < -0.39 is 22.0 Å². The fourth-order valence-electron chi connectivity index (χ4n) is 2.71. The molecule has 27 heavy (non-hydrogen) atoms. The second-order valence-electron chi connectivity index (χ2n) is 5.89. The molecule has 1 atom stereocenters. The van der Waals surface area contributed by atoms with Crippen molar-refractivity contribution in [3.05, 3.63) is 0 Å². The summed E-state index contributed by atoms with van der Waals surface area (Å²) in [6.45, 7) is 4.20. The zero-order valence-corrected chi connectivity index (χ0v) is 17.8. The smallest absolute Gasteiger partial charge is 0.316 e. The van der Waals surface area contributed by atoms with Gasteiger partial charge in [-0.1, -0.05) is 36.4 Å². The maximum atomic E-state index is 12.6. The average molecular weight is 437 g/mol. The minimum atomic E-state index is -3.45. The summed E-state index contributed by atoms with van der Waals surface area (Å²) in [6, 6.07) is -0.727. The maximum absolute atomic E-state index is 12.6. The van der Waals surface area contributed by atoms with E-state index in [0.717, 1.165) is 24.2 Å². The number of carbonyl (C=O) groups excluding carboxylic acids is 2. The standard InChI is InChI=1S/C15H24N4O5S3/c1-3-9-27(22,23)19-8-6-5-7-11(19)13(21)16-14-17-18-15(26-14)25-10-12(20)24-4-2/h11H,3-10H2,1-2H3,(H,16,17,21). The van der Waals surface area contributed by atoms with Crippen molar-refractivity contribution >= 4 is 50.1 Å². The third-order valence-corrected chi connectivity index (χ3v) is 7.85. The molecule has 0 aromatic carbocycles. The Morgan fingerprint density at radius 1 is 1.33 bits per heavy atom. The fourth-order valence-corrected chi connectivity index (χ4v) is 6.01. The maximum Gasteiger partial charge on any atom is 0.316 e. The molecule has 0 aliphatic carbocycles. The molecular weight excluding hydrogens is 412 g/mol. The number of aromatic nitrogens is 2. The van der Waals surface area contributed by atoms with Gasteiger partial charge in [-0.05, 0) is 26.2 Å². The van der Waals surface area contributed by atoms with Crippen LogP contribution in [0.5, 0.6) is 0 Å². The van der Waals surface area contributed by atoms with Crippen molar-refractivity contribution in [2.45, 2.75) is 49.9 Å². The van der Waals surface area contributed by atoms with Gasteiger partial charge in [0.15, 0.2) is 4.34 Å². The number of esters is 1. The van der Waals surface area contributed by atoms with E-state index in [1.807, 2.05) is 0 Å². The van der Waals surface area contributed by atoms with Gasteiger partial charge in [-0.25, -0.2) is 8.42 Å². The number of piperidine rings is 1. The molecule has 1 fully saturated rings. The van der Waals surface area contributed by atoms with E-state index in [9.17, 15) is 18.0 Å². The second kappa shape index (κ2) is 10.3. The molecule has 0 spiro atoms. The van der Waals surface area contributed by atoms with Gasteiger partial charge in [0.05, 0.1) is 18.1 Å². The van der Waals surface area contributed by atoms with Crippen molar-refractivity contribution in [1.82, 2.24) is 14.5 Å². The molecule has 0 radical (unpaired) electrons. The monoisotopic (exact) mass is 436 g/mol. The van der Waals surface area contributed by atoms with Crippen molar-refractivity contribution < 1.29 is 22.7 Å². The largest absolute Gasteiger partial charge is 0.465 e. The van der Waals surface area contributed by atoms with Crippen molar-refractivity contribution in [2.24, 2.45) is 0 Å². The molecule has 2 heterocycles. The Balaban J connectivity index is 1.98. The molecule has 1 aromatic rings. The van der Waals surface area contributed by atoms with Crippen LogP contribution >= 0.6 is 23.1 Å². The van der Waals surface area contributed by atoms with Crippen LogP contribution in [-0.2, 0) is 24.3 Å². The van der Waals surface area contributed by atoms with E-state index in [1.165, 1.54) is 16.1 Å². The van der Waals surface area contributed by atoms with Crippen LogP contribution in [0.15, 0.2) is 4.34 Å². The molecule has 1 N–H and O–H groups in total. The van der Waals surface area contributed by atoms with E-state index >= 15 is 0 Å². The van der Waals surface area contributed by atoms with Gasteiger partial charge in [0.2, 0.25) is 21.1 Å². The molecule has 1 unspecified atom stereocenters. The Kier molecular flexibility index (Phi) is 8.45. The van der Waals surface area contributed by atoms with Gasteiger partial charge < -0.3 is 4.74 Å². The number of nitrogens with one attached hydrogen (secondary N) is 1. The highest BCUT2D eigenvalue weighted by atomic mass is 32.2. The summed E-state index contributed by atoms with van der Waals surface area (Å²) in [4.78, 5) is 24.0. The highest BCUT2D eigenvalue weighted by Gasteiger charge is 2.36. The van der Waals surface area contributed by atoms with Crippen molar-refractivity contribution in [1.29, 1.82) is 0 Å². The summed E-state index contributed by atoms with van der Waals surface area (Å²) in [7, 11) is -3.45. The summed E-state index contributed by atoms with van der Waals surface area (Å²) >= 11 is 2.31. The molecule has 0 saturated carbocycles. The first kappa shape index (κ1) is 22.1. The van der Waals surface area contributed by atoms with Gasteiger partial charge in [0.1, 0.15) is 6.04 Å². The summed E-state index contributed by atoms with van der Waals surface area (Å²) in [5.74, 6) is -0.596.